The van der Waals surface area contributed by atoms with Gasteiger partial charge in [0.25, 0.3) is 0 Å². The van der Waals surface area contributed by atoms with Gasteiger partial charge in [-0.1, -0.05) is 88.9 Å². The Balaban J connectivity index is 1.55. The lowest BCUT2D eigenvalue weighted by Crippen LogP contribution is -2.30. The molecule has 0 aliphatic heterocycles. The summed E-state index contributed by atoms with van der Waals surface area (Å²) < 4.78 is 49.0. The average molecular weight is 720 g/mol. The van der Waals surface area contributed by atoms with Crippen LogP contribution in [0.2, 0.25) is 20.1 Å². The van der Waals surface area contributed by atoms with Crippen LogP contribution in [0.1, 0.15) is 26.5 Å². The van der Waals surface area contributed by atoms with Crippen LogP contribution in [0.4, 0.5) is 13.2 Å². The number of esters is 2. The number of alkyl halides is 3. The zero-order valence-corrected chi connectivity index (χ0v) is 26.0. The molecule has 47 heavy (non-hydrogen) atoms. The SMILES string of the molecule is O=C(OC(=O)c1nn(-c2ccccc2)c2c(Cl)c(Cl)c(Cl)c(Cl)c2c1=O)c1nn(-c2ccccc2)c2cccc(C(F)(F)F)c2c1=O. The Bertz CT molecular complexity index is 2400. The Hall–Kier alpha value is -4.75. The first kappa shape index (κ1) is 32.2. The van der Waals surface area contributed by atoms with Crippen molar-refractivity contribution < 1.29 is 27.5 Å². The highest BCUT2D eigenvalue weighted by Gasteiger charge is 2.36. The van der Waals surface area contributed by atoms with Crippen molar-refractivity contribution in [1.29, 1.82) is 0 Å². The predicted octanol–water partition coefficient (Wildman–Crippen LogP) is 7.71. The molecule has 0 radical (unpaired) electrons. The third kappa shape index (κ3) is 5.52. The molecule has 0 spiro atoms. The minimum absolute atomic E-state index is 0.133. The van der Waals surface area contributed by atoms with Crippen molar-refractivity contribution in [1.82, 2.24) is 19.6 Å². The van der Waals surface area contributed by atoms with Crippen molar-refractivity contribution in [3.8, 4) is 11.4 Å². The van der Waals surface area contributed by atoms with Gasteiger partial charge in [-0.2, -0.15) is 23.4 Å². The number of hydrogen-bond donors (Lipinski definition) is 0. The Labute approximate surface area is 280 Å². The van der Waals surface area contributed by atoms with E-state index in [1.807, 2.05) is 0 Å². The molecule has 2 heterocycles. The van der Waals surface area contributed by atoms with Crippen molar-refractivity contribution in [3.63, 3.8) is 0 Å². The molecular formula is C31H13Cl4F3N4O5. The van der Waals surface area contributed by atoms with E-state index in [-0.39, 0.29) is 37.5 Å². The number of nitrogens with zero attached hydrogens (tertiary/aromatic N) is 4. The molecule has 0 bridgehead atoms. The standard InChI is InChI=1S/C31H13Cl4F3N4O5/c32-20-19-26(23(35)22(34)21(20)33)42(15-10-5-2-6-11-15)40-25(28(19)44)30(46)47-29(45)24-27(43)18-16(31(36,37)38)12-7-13-17(18)41(39-24)14-8-3-1-4-9-14/h1-13H. The second kappa shape index (κ2) is 12.1. The fourth-order valence-corrected chi connectivity index (χ4v) is 5.83. The van der Waals surface area contributed by atoms with Crippen LogP contribution in [-0.4, -0.2) is 31.5 Å². The maximum absolute atomic E-state index is 14.0. The summed E-state index contributed by atoms with van der Waals surface area (Å²) >= 11 is 25.2. The number of carbonyl (C=O) groups excluding carboxylic acids is 2. The van der Waals surface area contributed by atoms with Gasteiger partial charge in [-0.3, -0.25) is 9.59 Å². The first-order chi connectivity index (χ1) is 22.3. The van der Waals surface area contributed by atoms with Crippen LogP contribution in [0, 0.1) is 0 Å². The number of hydrogen-bond acceptors (Lipinski definition) is 7. The molecule has 0 unspecified atom stereocenters. The van der Waals surface area contributed by atoms with E-state index in [0.29, 0.717) is 6.07 Å². The Morgan fingerprint density at radius 1 is 0.617 bits per heavy atom. The molecule has 0 N–H and O–H groups in total. The molecule has 0 saturated heterocycles. The lowest BCUT2D eigenvalue weighted by atomic mass is 10.1. The monoisotopic (exact) mass is 718 g/mol. The summed E-state index contributed by atoms with van der Waals surface area (Å²) in [7, 11) is 0. The van der Waals surface area contributed by atoms with Crippen LogP contribution in [0.3, 0.4) is 0 Å². The van der Waals surface area contributed by atoms with Crippen LogP contribution in [0.25, 0.3) is 33.2 Å². The zero-order valence-electron chi connectivity index (χ0n) is 23.0. The van der Waals surface area contributed by atoms with Crippen molar-refractivity contribution in [3.05, 3.63) is 136 Å². The molecule has 0 atom stereocenters. The van der Waals surface area contributed by atoms with E-state index in [1.54, 1.807) is 36.4 Å². The summed E-state index contributed by atoms with van der Waals surface area (Å²) in [6, 6.07) is 18.6. The number of ether oxygens (including phenoxy) is 1. The quantitative estimate of drug-likeness (QED) is 0.0794. The van der Waals surface area contributed by atoms with Crippen LogP contribution in [0.15, 0.2) is 88.5 Å². The maximum Gasteiger partial charge on any atom is 0.417 e. The van der Waals surface area contributed by atoms with Crippen LogP contribution < -0.4 is 10.9 Å². The zero-order chi connectivity index (χ0) is 33.8. The van der Waals surface area contributed by atoms with Crippen molar-refractivity contribution in [2.24, 2.45) is 0 Å². The molecule has 0 amide bonds. The molecule has 9 nitrogen and oxygen atoms in total. The fourth-order valence-electron chi connectivity index (χ4n) is 4.82. The normalized spacial score (nSPS) is 11.6. The highest BCUT2D eigenvalue weighted by atomic mass is 35.5. The second-order valence-electron chi connectivity index (χ2n) is 9.70. The van der Waals surface area contributed by atoms with Gasteiger partial charge in [0, 0.05) is 0 Å². The first-order valence-corrected chi connectivity index (χ1v) is 14.6. The van der Waals surface area contributed by atoms with Crippen LogP contribution in [0.5, 0.6) is 0 Å². The number of benzene rings is 4. The van der Waals surface area contributed by atoms with Gasteiger partial charge in [0.1, 0.15) is 0 Å². The van der Waals surface area contributed by atoms with E-state index >= 15 is 0 Å². The fraction of sp³-hybridized carbons (Fsp3) is 0.0323. The van der Waals surface area contributed by atoms with Gasteiger partial charge in [0.15, 0.2) is 0 Å². The van der Waals surface area contributed by atoms with E-state index in [1.165, 1.54) is 30.3 Å². The van der Waals surface area contributed by atoms with E-state index in [0.717, 1.165) is 15.4 Å². The van der Waals surface area contributed by atoms with Gasteiger partial charge in [-0.25, -0.2) is 19.0 Å². The summed E-state index contributed by atoms with van der Waals surface area (Å²) in [6.07, 6.45) is -5.01. The van der Waals surface area contributed by atoms with Gasteiger partial charge in [-0.05, 0) is 36.4 Å². The molecule has 0 aliphatic carbocycles. The van der Waals surface area contributed by atoms with Gasteiger partial charge in [-0.15, -0.1) is 0 Å². The minimum atomic E-state index is -5.01. The molecule has 0 aliphatic rings. The largest absolute Gasteiger partial charge is 0.417 e. The Kier molecular flexibility index (Phi) is 8.30. The molecule has 0 saturated carbocycles. The van der Waals surface area contributed by atoms with Crippen LogP contribution in [-0.2, 0) is 10.9 Å². The number of aromatic nitrogens is 4. The molecule has 2 aromatic heterocycles. The maximum atomic E-state index is 14.0. The summed E-state index contributed by atoms with van der Waals surface area (Å²) in [6.45, 7) is 0. The summed E-state index contributed by atoms with van der Waals surface area (Å²) in [4.78, 5) is 53.8. The third-order valence-corrected chi connectivity index (χ3v) is 8.68. The second-order valence-corrected chi connectivity index (χ2v) is 11.2. The molecule has 16 heteroatoms. The van der Waals surface area contributed by atoms with Gasteiger partial charge >= 0.3 is 18.1 Å². The van der Waals surface area contributed by atoms with E-state index in [9.17, 15) is 32.3 Å². The third-order valence-electron chi connectivity index (χ3n) is 6.89. The lowest BCUT2D eigenvalue weighted by molar-refractivity contribution is -0.136. The molecule has 0 fully saturated rings. The Morgan fingerprint density at radius 2 is 1.11 bits per heavy atom. The van der Waals surface area contributed by atoms with Gasteiger partial charge < -0.3 is 4.74 Å². The molecule has 6 aromatic rings. The first-order valence-electron chi connectivity index (χ1n) is 13.1. The highest BCUT2D eigenvalue weighted by Crippen LogP contribution is 2.42. The molecule has 236 valence electrons. The highest BCUT2D eigenvalue weighted by molar-refractivity contribution is 6.55. The summed E-state index contributed by atoms with van der Waals surface area (Å²) in [5.41, 5.74) is -6.15. The molecule has 4 aromatic carbocycles. The number of carbonyl (C=O) groups is 2. The number of halogens is 7. The smallest absolute Gasteiger partial charge is 0.383 e. The summed E-state index contributed by atoms with van der Waals surface area (Å²) in [5.74, 6) is -3.43. The van der Waals surface area contributed by atoms with Crippen molar-refractivity contribution in [2.45, 2.75) is 6.18 Å². The van der Waals surface area contributed by atoms with Gasteiger partial charge in [0.2, 0.25) is 22.2 Å². The number of rotatable bonds is 4. The molecule has 6 rings (SSSR count). The van der Waals surface area contributed by atoms with Gasteiger partial charge in [0.05, 0.1) is 58.8 Å². The lowest BCUT2D eigenvalue weighted by Gasteiger charge is -2.16. The average Bonchev–Trinajstić information content (AvgIpc) is 3.06. The van der Waals surface area contributed by atoms with E-state index < -0.39 is 61.7 Å². The van der Waals surface area contributed by atoms with Crippen molar-refractivity contribution >= 4 is 80.1 Å². The van der Waals surface area contributed by atoms with E-state index in [2.05, 4.69) is 10.2 Å². The minimum Gasteiger partial charge on any atom is -0.383 e. The molecular weight excluding hydrogens is 707 g/mol. The number of para-hydroxylation sites is 2. The number of fused-ring (bicyclic) bond motifs is 2. The van der Waals surface area contributed by atoms with E-state index in [4.69, 9.17) is 51.1 Å². The topological polar surface area (TPSA) is 113 Å². The summed E-state index contributed by atoms with van der Waals surface area (Å²) in [5, 5.41) is 5.55. The Morgan fingerprint density at radius 3 is 1.66 bits per heavy atom. The van der Waals surface area contributed by atoms with Crippen molar-refractivity contribution in [2.75, 3.05) is 0 Å². The predicted molar refractivity (Wildman–Crippen MR) is 169 cm³/mol. The van der Waals surface area contributed by atoms with Crippen LogP contribution >= 0.6 is 46.4 Å².